The normalized spacial score (nSPS) is 17.1. The summed E-state index contributed by atoms with van der Waals surface area (Å²) < 4.78 is 15.8. The first-order valence-corrected chi connectivity index (χ1v) is 9.33. The molecule has 0 spiro atoms. The fourth-order valence-corrected chi connectivity index (χ4v) is 2.74. The number of carbonyl (C=O) groups is 3. The lowest BCUT2D eigenvalue weighted by atomic mass is 10.1. The van der Waals surface area contributed by atoms with E-state index < -0.39 is 29.8 Å². The summed E-state index contributed by atoms with van der Waals surface area (Å²) in [5, 5.41) is 0. The summed E-state index contributed by atoms with van der Waals surface area (Å²) in [5.41, 5.74) is 0.173. The van der Waals surface area contributed by atoms with Crippen molar-refractivity contribution in [1.82, 2.24) is 9.80 Å². The van der Waals surface area contributed by atoms with Crippen molar-refractivity contribution in [3.8, 4) is 0 Å². The summed E-state index contributed by atoms with van der Waals surface area (Å²) >= 11 is 0. The molecule has 1 heterocycles. The van der Waals surface area contributed by atoms with E-state index in [1.54, 1.807) is 27.7 Å². The Hall–Kier alpha value is -2.77. The average Bonchev–Trinajstić information content (AvgIpc) is 2.65. The number of amides is 2. The van der Waals surface area contributed by atoms with E-state index in [9.17, 15) is 14.4 Å². The van der Waals surface area contributed by atoms with Gasteiger partial charge in [0.15, 0.2) is 6.04 Å². The van der Waals surface area contributed by atoms with Crippen molar-refractivity contribution in [3.63, 3.8) is 0 Å². The van der Waals surface area contributed by atoms with E-state index in [0.29, 0.717) is 0 Å². The third-order valence-electron chi connectivity index (χ3n) is 4.03. The predicted molar refractivity (Wildman–Crippen MR) is 102 cm³/mol. The molecule has 2 amide bonds. The average molecular weight is 392 g/mol. The van der Waals surface area contributed by atoms with Gasteiger partial charge in [0, 0.05) is 13.1 Å². The van der Waals surface area contributed by atoms with Gasteiger partial charge in [-0.3, -0.25) is 4.90 Å². The molecule has 1 aromatic rings. The SMILES string of the molecule is CCOC(=O)[C@H]1CN(C(=O)OCc2ccccc2)CCN1C(=O)OC(C)(C)C. The molecule has 1 aromatic carbocycles. The van der Waals surface area contributed by atoms with E-state index in [4.69, 9.17) is 14.2 Å². The minimum atomic E-state index is -0.937. The molecule has 0 aromatic heterocycles. The summed E-state index contributed by atoms with van der Waals surface area (Å²) in [4.78, 5) is 40.0. The van der Waals surface area contributed by atoms with E-state index >= 15 is 0 Å². The lowest BCUT2D eigenvalue weighted by Crippen LogP contribution is -2.60. The molecule has 1 fully saturated rings. The molecule has 28 heavy (non-hydrogen) atoms. The number of nitrogens with zero attached hydrogens (tertiary/aromatic N) is 2. The van der Waals surface area contributed by atoms with Gasteiger partial charge in [0.25, 0.3) is 0 Å². The molecule has 0 N–H and O–H groups in total. The van der Waals surface area contributed by atoms with Gasteiger partial charge in [-0.15, -0.1) is 0 Å². The molecule has 0 saturated carbocycles. The molecule has 0 radical (unpaired) electrons. The highest BCUT2D eigenvalue weighted by atomic mass is 16.6. The third-order valence-corrected chi connectivity index (χ3v) is 4.03. The lowest BCUT2D eigenvalue weighted by Gasteiger charge is -2.39. The van der Waals surface area contributed by atoms with Gasteiger partial charge in [-0.05, 0) is 33.3 Å². The first-order chi connectivity index (χ1) is 13.2. The van der Waals surface area contributed by atoms with Gasteiger partial charge in [0.1, 0.15) is 12.2 Å². The minimum Gasteiger partial charge on any atom is -0.464 e. The molecule has 1 atom stereocenters. The zero-order chi connectivity index (χ0) is 20.7. The Morgan fingerprint density at radius 3 is 2.32 bits per heavy atom. The van der Waals surface area contributed by atoms with Gasteiger partial charge in [-0.1, -0.05) is 30.3 Å². The zero-order valence-electron chi connectivity index (χ0n) is 16.8. The molecule has 2 rings (SSSR count). The van der Waals surface area contributed by atoms with Gasteiger partial charge in [0.2, 0.25) is 0 Å². The molecule has 8 nitrogen and oxygen atoms in total. The maximum absolute atomic E-state index is 12.5. The summed E-state index contributed by atoms with van der Waals surface area (Å²) in [6, 6.07) is 8.38. The standard InChI is InChI=1S/C20H28N2O6/c1-5-26-17(23)16-13-21(11-12-22(16)19(25)28-20(2,3)4)18(24)27-14-15-9-7-6-8-10-15/h6-10,16H,5,11-14H2,1-4H3/t16-/m1/s1. The van der Waals surface area contributed by atoms with Crippen LogP contribution in [0.15, 0.2) is 30.3 Å². The molecule has 1 aliphatic rings. The Labute approximate surface area is 165 Å². The summed E-state index contributed by atoms with van der Waals surface area (Å²) in [6.45, 7) is 7.63. The molecule has 154 valence electrons. The number of carbonyl (C=O) groups excluding carboxylic acids is 3. The number of benzene rings is 1. The summed E-state index contributed by atoms with van der Waals surface area (Å²) in [6.07, 6.45) is -1.15. The van der Waals surface area contributed by atoms with Crippen molar-refractivity contribution in [2.45, 2.75) is 45.9 Å². The quantitative estimate of drug-likeness (QED) is 0.579. The van der Waals surface area contributed by atoms with Crippen molar-refractivity contribution >= 4 is 18.2 Å². The Morgan fingerprint density at radius 1 is 1.04 bits per heavy atom. The Morgan fingerprint density at radius 2 is 1.71 bits per heavy atom. The molecule has 1 aliphatic heterocycles. The lowest BCUT2D eigenvalue weighted by molar-refractivity contribution is -0.151. The fraction of sp³-hybridized carbons (Fsp3) is 0.550. The number of hydrogen-bond donors (Lipinski definition) is 0. The van der Waals surface area contributed by atoms with Crippen LogP contribution < -0.4 is 0 Å². The number of ether oxygens (including phenoxy) is 3. The second kappa shape index (κ2) is 9.43. The van der Waals surface area contributed by atoms with Crippen molar-refractivity contribution in [2.75, 3.05) is 26.2 Å². The van der Waals surface area contributed by atoms with Crippen molar-refractivity contribution < 1.29 is 28.6 Å². The Bertz CT molecular complexity index is 686. The third kappa shape index (κ3) is 6.14. The Balaban J connectivity index is 2.03. The second-order valence-corrected chi connectivity index (χ2v) is 7.43. The van der Waals surface area contributed by atoms with Crippen molar-refractivity contribution in [3.05, 3.63) is 35.9 Å². The summed E-state index contributed by atoms with van der Waals surface area (Å²) in [5.74, 6) is -0.575. The first-order valence-electron chi connectivity index (χ1n) is 9.33. The molecule has 1 saturated heterocycles. The highest BCUT2D eigenvalue weighted by molar-refractivity contribution is 5.83. The monoisotopic (exact) mass is 392 g/mol. The second-order valence-electron chi connectivity index (χ2n) is 7.43. The number of rotatable bonds is 4. The van der Waals surface area contributed by atoms with Crippen LogP contribution in [-0.4, -0.2) is 65.8 Å². The maximum Gasteiger partial charge on any atom is 0.411 e. The molecular weight excluding hydrogens is 364 g/mol. The molecule has 0 unspecified atom stereocenters. The summed E-state index contributed by atoms with van der Waals surface area (Å²) in [7, 11) is 0. The highest BCUT2D eigenvalue weighted by Crippen LogP contribution is 2.18. The van der Waals surface area contributed by atoms with Gasteiger partial charge >= 0.3 is 18.2 Å². The number of piperazine rings is 1. The molecule has 0 bridgehead atoms. The van der Waals surface area contributed by atoms with Gasteiger partial charge in [-0.2, -0.15) is 0 Å². The van der Waals surface area contributed by atoms with Crippen LogP contribution in [0.25, 0.3) is 0 Å². The van der Waals surface area contributed by atoms with Crippen LogP contribution in [-0.2, 0) is 25.6 Å². The van der Waals surface area contributed by atoms with Crippen LogP contribution in [0.1, 0.15) is 33.3 Å². The Kier molecular flexibility index (Phi) is 7.25. The predicted octanol–water partition coefficient (Wildman–Crippen LogP) is 2.81. The van der Waals surface area contributed by atoms with E-state index in [0.717, 1.165) is 5.56 Å². The topological polar surface area (TPSA) is 85.4 Å². The zero-order valence-corrected chi connectivity index (χ0v) is 16.8. The van der Waals surface area contributed by atoms with Gasteiger partial charge < -0.3 is 19.1 Å². The van der Waals surface area contributed by atoms with Crippen LogP contribution >= 0.6 is 0 Å². The van der Waals surface area contributed by atoms with Crippen molar-refractivity contribution in [1.29, 1.82) is 0 Å². The minimum absolute atomic E-state index is 0.00823. The van der Waals surface area contributed by atoms with Crippen LogP contribution in [0, 0.1) is 0 Å². The van der Waals surface area contributed by atoms with Crippen LogP contribution in [0.4, 0.5) is 9.59 Å². The maximum atomic E-state index is 12.5. The first kappa shape index (κ1) is 21.5. The van der Waals surface area contributed by atoms with Crippen LogP contribution in [0.5, 0.6) is 0 Å². The molecule has 8 heteroatoms. The van der Waals surface area contributed by atoms with Crippen LogP contribution in [0.2, 0.25) is 0 Å². The molecule has 0 aliphatic carbocycles. The highest BCUT2D eigenvalue weighted by Gasteiger charge is 2.40. The molecular formula is C20H28N2O6. The number of hydrogen-bond acceptors (Lipinski definition) is 6. The van der Waals surface area contributed by atoms with Crippen molar-refractivity contribution in [2.24, 2.45) is 0 Å². The largest absolute Gasteiger partial charge is 0.464 e. The van der Waals surface area contributed by atoms with E-state index in [1.807, 2.05) is 30.3 Å². The number of esters is 1. The van der Waals surface area contributed by atoms with Gasteiger partial charge in [0.05, 0.1) is 13.2 Å². The van der Waals surface area contributed by atoms with Gasteiger partial charge in [-0.25, -0.2) is 14.4 Å². The van der Waals surface area contributed by atoms with E-state index in [2.05, 4.69) is 0 Å². The smallest absolute Gasteiger partial charge is 0.411 e. The van der Waals surface area contributed by atoms with E-state index in [1.165, 1.54) is 9.80 Å². The van der Waals surface area contributed by atoms with Crippen LogP contribution in [0.3, 0.4) is 0 Å². The fourth-order valence-electron chi connectivity index (χ4n) is 2.74. The van der Waals surface area contributed by atoms with E-state index in [-0.39, 0.29) is 32.8 Å².